The summed E-state index contributed by atoms with van der Waals surface area (Å²) in [6.45, 7) is 2.21. The number of nitrogens with zero attached hydrogens (tertiary/aromatic N) is 1. The molecule has 4 heteroatoms. The van der Waals surface area contributed by atoms with E-state index in [0.717, 1.165) is 39.0 Å². The van der Waals surface area contributed by atoms with Gasteiger partial charge in [0.2, 0.25) is 5.92 Å². The van der Waals surface area contributed by atoms with Crippen molar-refractivity contribution in [3.8, 4) is 0 Å². The average molecular weight is 219 g/mol. The van der Waals surface area contributed by atoms with Crippen molar-refractivity contribution in [1.29, 1.82) is 0 Å². The molecular weight excluding hydrogens is 200 g/mol. The lowest BCUT2D eigenvalue weighted by atomic mass is 9.99. The Labute approximate surface area is 89.6 Å². The fourth-order valence-electron chi connectivity index (χ4n) is 2.07. The molecular formula is C11H19F2NO. The maximum absolute atomic E-state index is 12.7. The molecule has 0 bridgehead atoms. The standard InChI is InChI=1S/C11H19F2NO/c1-11(12,13)6-8-14-7-3-2-4-10(14)5-9-15/h9-10H,2-8H2,1H3. The summed E-state index contributed by atoms with van der Waals surface area (Å²) in [5.74, 6) is -2.59. The zero-order valence-electron chi connectivity index (χ0n) is 9.22. The number of rotatable bonds is 5. The second-order valence-electron chi connectivity index (χ2n) is 4.41. The Hall–Kier alpha value is -0.510. The minimum absolute atomic E-state index is 0.109. The van der Waals surface area contributed by atoms with Crippen LogP contribution in [0.15, 0.2) is 0 Å². The van der Waals surface area contributed by atoms with Crippen molar-refractivity contribution >= 4 is 6.29 Å². The van der Waals surface area contributed by atoms with Gasteiger partial charge in [-0.1, -0.05) is 6.42 Å². The quantitative estimate of drug-likeness (QED) is 0.662. The van der Waals surface area contributed by atoms with Crippen LogP contribution in [0.2, 0.25) is 0 Å². The second-order valence-corrected chi connectivity index (χ2v) is 4.41. The van der Waals surface area contributed by atoms with Gasteiger partial charge < -0.3 is 4.79 Å². The van der Waals surface area contributed by atoms with E-state index in [-0.39, 0.29) is 12.5 Å². The Kier molecular flexibility index (Phi) is 4.64. The van der Waals surface area contributed by atoms with Crippen LogP contribution in [-0.2, 0) is 4.79 Å². The van der Waals surface area contributed by atoms with Crippen LogP contribution in [0.25, 0.3) is 0 Å². The van der Waals surface area contributed by atoms with Crippen molar-refractivity contribution in [2.45, 2.75) is 51.0 Å². The molecule has 88 valence electrons. The lowest BCUT2D eigenvalue weighted by Gasteiger charge is -2.35. The van der Waals surface area contributed by atoms with E-state index in [1.165, 1.54) is 0 Å². The first-order valence-corrected chi connectivity index (χ1v) is 5.58. The van der Waals surface area contributed by atoms with Crippen molar-refractivity contribution < 1.29 is 13.6 Å². The summed E-state index contributed by atoms with van der Waals surface area (Å²) in [5.41, 5.74) is 0. The van der Waals surface area contributed by atoms with E-state index in [0.29, 0.717) is 13.0 Å². The number of halogens is 2. The summed E-state index contributed by atoms with van der Waals surface area (Å²) in [6, 6.07) is 0.193. The van der Waals surface area contributed by atoms with E-state index < -0.39 is 5.92 Å². The van der Waals surface area contributed by atoms with Gasteiger partial charge in [0.05, 0.1) is 0 Å². The number of carbonyl (C=O) groups excluding carboxylic acids is 1. The predicted molar refractivity (Wildman–Crippen MR) is 55.1 cm³/mol. The zero-order valence-corrected chi connectivity index (χ0v) is 9.22. The highest BCUT2D eigenvalue weighted by Crippen LogP contribution is 2.23. The van der Waals surface area contributed by atoms with E-state index >= 15 is 0 Å². The van der Waals surface area contributed by atoms with Gasteiger partial charge in [-0.15, -0.1) is 0 Å². The van der Waals surface area contributed by atoms with Crippen LogP contribution < -0.4 is 0 Å². The molecule has 1 heterocycles. The van der Waals surface area contributed by atoms with Crippen molar-refractivity contribution in [2.24, 2.45) is 0 Å². The van der Waals surface area contributed by atoms with Gasteiger partial charge in [0, 0.05) is 25.4 Å². The third-order valence-corrected chi connectivity index (χ3v) is 2.96. The monoisotopic (exact) mass is 219 g/mol. The molecule has 0 aromatic heterocycles. The summed E-state index contributed by atoms with van der Waals surface area (Å²) in [4.78, 5) is 12.5. The molecule has 1 atom stereocenters. The van der Waals surface area contributed by atoms with Crippen LogP contribution in [0.4, 0.5) is 8.78 Å². The third-order valence-electron chi connectivity index (χ3n) is 2.96. The Morgan fingerprint density at radius 3 is 2.80 bits per heavy atom. The summed E-state index contributed by atoms with van der Waals surface area (Å²) in [7, 11) is 0. The summed E-state index contributed by atoms with van der Waals surface area (Å²) in [6.07, 6.45) is 4.40. The van der Waals surface area contributed by atoms with Crippen LogP contribution in [0, 0.1) is 0 Å². The lowest BCUT2D eigenvalue weighted by molar-refractivity contribution is -0.109. The van der Waals surface area contributed by atoms with E-state index in [2.05, 4.69) is 0 Å². The van der Waals surface area contributed by atoms with Crippen molar-refractivity contribution in [2.75, 3.05) is 13.1 Å². The van der Waals surface area contributed by atoms with Crippen LogP contribution in [0.5, 0.6) is 0 Å². The SMILES string of the molecule is CC(F)(F)CCN1CCCCC1CC=O. The van der Waals surface area contributed by atoms with Crippen LogP contribution in [0.1, 0.15) is 39.0 Å². The van der Waals surface area contributed by atoms with Gasteiger partial charge in [0.15, 0.2) is 0 Å². The van der Waals surface area contributed by atoms with Gasteiger partial charge in [0.1, 0.15) is 6.29 Å². The fraction of sp³-hybridized carbons (Fsp3) is 0.909. The molecule has 0 radical (unpaired) electrons. The van der Waals surface area contributed by atoms with Crippen LogP contribution in [0.3, 0.4) is 0 Å². The number of hydrogen-bond acceptors (Lipinski definition) is 2. The highest BCUT2D eigenvalue weighted by Gasteiger charge is 2.26. The molecule has 1 aliphatic rings. The molecule has 1 saturated heterocycles. The van der Waals surface area contributed by atoms with Crippen molar-refractivity contribution in [3.05, 3.63) is 0 Å². The van der Waals surface area contributed by atoms with E-state index in [9.17, 15) is 13.6 Å². The Balaban J connectivity index is 2.38. The fourth-order valence-corrected chi connectivity index (χ4v) is 2.07. The topological polar surface area (TPSA) is 20.3 Å². The van der Waals surface area contributed by atoms with Crippen LogP contribution >= 0.6 is 0 Å². The second kappa shape index (κ2) is 5.54. The normalized spacial score (nSPS) is 24.1. The first-order valence-electron chi connectivity index (χ1n) is 5.58. The number of piperidine rings is 1. The molecule has 0 aromatic carbocycles. The van der Waals surface area contributed by atoms with Gasteiger partial charge in [0.25, 0.3) is 0 Å². The zero-order chi connectivity index (χ0) is 11.3. The maximum atomic E-state index is 12.7. The highest BCUT2D eigenvalue weighted by molar-refractivity contribution is 5.50. The Morgan fingerprint density at radius 1 is 1.47 bits per heavy atom. The number of likely N-dealkylation sites (tertiary alicyclic amines) is 1. The predicted octanol–water partition coefficient (Wildman–Crippen LogP) is 2.48. The highest BCUT2D eigenvalue weighted by atomic mass is 19.3. The number of aldehydes is 1. The molecule has 1 unspecified atom stereocenters. The third kappa shape index (κ3) is 4.69. The molecule has 0 aliphatic carbocycles. The Morgan fingerprint density at radius 2 is 2.20 bits per heavy atom. The summed E-state index contributed by atoms with van der Waals surface area (Å²) < 4.78 is 25.4. The lowest BCUT2D eigenvalue weighted by Crippen LogP contribution is -2.41. The minimum Gasteiger partial charge on any atom is -0.303 e. The van der Waals surface area contributed by atoms with Crippen molar-refractivity contribution in [3.63, 3.8) is 0 Å². The smallest absolute Gasteiger partial charge is 0.246 e. The summed E-state index contributed by atoms with van der Waals surface area (Å²) >= 11 is 0. The first kappa shape index (κ1) is 12.6. The maximum Gasteiger partial charge on any atom is 0.246 e. The first-order chi connectivity index (χ1) is 7.03. The van der Waals surface area contributed by atoms with Gasteiger partial charge in [-0.25, -0.2) is 8.78 Å². The minimum atomic E-state index is -2.59. The van der Waals surface area contributed by atoms with Gasteiger partial charge in [-0.05, 0) is 26.3 Å². The molecule has 0 aromatic rings. The Bertz CT molecular complexity index is 203. The number of hydrogen-bond donors (Lipinski definition) is 0. The van der Waals surface area contributed by atoms with Crippen molar-refractivity contribution in [1.82, 2.24) is 4.90 Å². The molecule has 0 saturated carbocycles. The molecule has 0 amide bonds. The molecule has 0 N–H and O–H groups in total. The number of alkyl halides is 2. The average Bonchev–Trinajstić information content (AvgIpc) is 2.16. The number of carbonyl (C=O) groups is 1. The van der Waals surface area contributed by atoms with Crippen LogP contribution in [-0.4, -0.2) is 36.2 Å². The molecule has 1 fully saturated rings. The van der Waals surface area contributed by atoms with E-state index in [1.54, 1.807) is 0 Å². The van der Waals surface area contributed by atoms with E-state index in [1.807, 2.05) is 4.90 Å². The summed E-state index contributed by atoms with van der Waals surface area (Å²) in [5, 5.41) is 0. The molecule has 15 heavy (non-hydrogen) atoms. The van der Waals surface area contributed by atoms with E-state index in [4.69, 9.17) is 0 Å². The van der Waals surface area contributed by atoms with Gasteiger partial charge in [-0.2, -0.15) is 0 Å². The largest absolute Gasteiger partial charge is 0.303 e. The molecule has 2 nitrogen and oxygen atoms in total. The van der Waals surface area contributed by atoms with Gasteiger partial charge >= 0.3 is 0 Å². The molecule has 0 spiro atoms. The molecule has 1 rings (SSSR count). The van der Waals surface area contributed by atoms with Gasteiger partial charge in [-0.3, -0.25) is 4.90 Å². The molecule has 1 aliphatic heterocycles.